The van der Waals surface area contributed by atoms with Crippen LogP contribution in [0.15, 0.2) is 59.5 Å². The second kappa shape index (κ2) is 9.94. The lowest BCUT2D eigenvalue weighted by molar-refractivity contribution is -0.141. The highest BCUT2D eigenvalue weighted by atomic mass is 32.2. The molecule has 2 aromatic carbocycles. The predicted octanol–water partition coefficient (Wildman–Crippen LogP) is 1.89. The van der Waals surface area contributed by atoms with E-state index in [9.17, 15) is 22.8 Å². The largest absolute Gasteiger partial charge is 0.449 e. The van der Waals surface area contributed by atoms with Gasteiger partial charge in [0.1, 0.15) is 0 Å². The zero-order valence-electron chi connectivity index (χ0n) is 18.9. The Hall–Kier alpha value is -3.24. The van der Waals surface area contributed by atoms with Crippen molar-refractivity contribution >= 4 is 33.5 Å². The fourth-order valence-corrected chi connectivity index (χ4v) is 5.59. The number of nitrogens with zero attached hydrogens (tertiary/aromatic N) is 3. The molecule has 0 aliphatic carbocycles. The Morgan fingerprint density at radius 2 is 1.65 bits per heavy atom. The number of rotatable bonds is 6. The topological polar surface area (TPSA) is 104 Å². The summed E-state index contributed by atoms with van der Waals surface area (Å²) in [5, 5.41) is 0. The minimum absolute atomic E-state index is 0.0162. The van der Waals surface area contributed by atoms with Crippen molar-refractivity contribution in [3.8, 4) is 0 Å². The molecule has 0 aromatic heterocycles. The average molecular weight is 486 g/mol. The molecular weight excluding hydrogens is 458 g/mol. The molecule has 2 amide bonds. The Labute approximate surface area is 198 Å². The van der Waals surface area contributed by atoms with Crippen molar-refractivity contribution in [3.05, 3.63) is 60.2 Å². The molecule has 0 N–H and O–H groups in total. The number of carbonyl (C=O) groups excluding carboxylic acids is 3. The molecule has 0 spiro atoms. The Morgan fingerprint density at radius 1 is 0.941 bits per heavy atom. The Kier molecular flexibility index (Phi) is 6.99. The molecule has 0 bridgehead atoms. The number of piperazine rings is 1. The van der Waals surface area contributed by atoms with Crippen LogP contribution in [0.4, 0.5) is 5.69 Å². The minimum Gasteiger partial charge on any atom is -0.449 e. The number of benzene rings is 2. The van der Waals surface area contributed by atoms with Crippen LogP contribution in [-0.2, 0) is 24.3 Å². The number of anilines is 1. The molecule has 2 heterocycles. The summed E-state index contributed by atoms with van der Waals surface area (Å²) in [6.07, 6.45) is 0.237. The first-order chi connectivity index (χ1) is 16.3. The second-order valence-corrected chi connectivity index (χ2v) is 10.2. The molecule has 2 aromatic rings. The summed E-state index contributed by atoms with van der Waals surface area (Å²) in [6, 6.07) is 14.8. The minimum atomic E-state index is -3.62. The van der Waals surface area contributed by atoms with Crippen molar-refractivity contribution in [1.82, 2.24) is 9.21 Å². The third-order valence-electron chi connectivity index (χ3n) is 6.03. The molecule has 4 rings (SSSR count). The lowest BCUT2D eigenvalue weighted by Crippen LogP contribution is -2.52. The highest BCUT2D eigenvalue weighted by molar-refractivity contribution is 7.89. The van der Waals surface area contributed by atoms with E-state index < -0.39 is 22.1 Å². The van der Waals surface area contributed by atoms with E-state index in [1.54, 1.807) is 59.5 Å². The predicted molar refractivity (Wildman–Crippen MR) is 125 cm³/mol. The number of ether oxygens (including phenoxy) is 1. The van der Waals surface area contributed by atoms with Crippen LogP contribution < -0.4 is 4.90 Å². The monoisotopic (exact) mass is 485 g/mol. The molecule has 0 saturated carbocycles. The first-order valence-electron chi connectivity index (χ1n) is 11.2. The average Bonchev–Trinajstić information content (AvgIpc) is 3.30. The van der Waals surface area contributed by atoms with Gasteiger partial charge < -0.3 is 14.5 Å². The third-order valence-corrected chi connectivity index (χ3v) is 7.94. The van der Waals surface area contributed by atoms with Gasteiger partial charge >= 0.3 is 5.97 Å². The van der Waals surface area contributed by atoms with Gasteiger partial charge in [-0.05, 0) is 43.7 Å². The van der Waals surface area contributed by atoms with E-state index in [1.165, 1.54) is 16.1 Å². The lowest BCUT2D eigenvalue weighted by atomic mass is 10.2. The molecule has 2 aliphatic rings. The molecule has 0 radical (unpaired) electrons. The third kappa shape index (κ3) is 4.97. The smallest absolute Gasteiger partial charge is 0.338 e. The van der Waals surface area contributed by atoms with Crippen LogP contribution in [0, 0.1) is 0 Å². The van der Waals surface area contributed by atoms with Crippen molar-refractivity contribution < 1.29 is 27.5 Å². The van der Waals surface area contributed by atoms with Gasteiger partial charge in [0, 0.05) is 44.8 Å². The van der Waals surface area contributed by atoms with E-state index in [1.807, 2.05) is 0 Å². The van der Waals surface area contributed by atoms with Crippen LogP contribution in [0.5, 0.6) is 0 Å². The fourth-order valence-electron chi connectivity index (χ4n) is 4.15. The maximum absolute atomic E-state index is 12.8. The molecule has 2 aliphatic heterocycles. The van der Waals surface area contributed by atoms with Crippen molar-refractivity contribution in [2.24, 2.45) is 0 Å². The molecular formula is C24H27N3O6S. The second-order valence-electron chi connectivity index (χ2n) is 8.29. The molecule has 1 unspecified atom stereocenters. The van der Waals surface area contributed by atoms with Crippen LogP contribution in [0.2, 0.25) is 0 Å². The molecule has 1 atom stereocenters. The van der Waals surface area contributed by atoms with E-state index >= 15 is 0 Å². The van der Waals surface area contributed by atoms with Gasteiger partial charge in [-0.2, -0.15) is 4.31 Å². The van der Waals surface area contributed by atoms with Crippen LogP contribution in [0.1, 0.15) is 30.1 Å². The van der Waals surface area contributed by atoms with Gasteiger partial charge in [0.15, 0.2) is 6.10 Å². The van der Waals surface area contributed by atoms with Crippen LogP contribution >= 0.6 is 0 Å². The Bertz CT molecular complexity index is 1180. The van der Waals surface area contributed by atoms with Crippen molar-refractivity contribution in [2.75, 3.05) is 37.6 Å². The number of amides is 2. The number of esters is 1. The number of carbonyl (C=O) groups is 3. The van der Waals surface area contributed by atoms with E-state index in [4.69, 9.17) is 4.74 Å². The van der Waals surface area contributed by atoms with Gasteiger partial charge in [0.05, 0.1) is 10.5 Å². The van der Waals surface area contributed by atoms with Crippen LogP contribution in [0.3, 0.4) is 0 Å². The fraction of sp³-hybridized carbons (Fsp3) is 0.375. The van der Waals surface area contributed by atoms with Crippen molar-refractivity contribution in [1.29, 1.82) is 0 Å². The summed E-state index contributed by atoms with van der Waals surface area (Å²) >= 11 is 0. The van der Waals surface area contributed by atoms with Crippen molar-refractivity contribution in [2.45, 2.75) is 30.8 Å². The molecule has 2 fully saturated rings. The number of hydrogen-bond donors (Lipinski definition) is 0. The van der Waals surface area contributed by atoms with Crippen molar-refractivity contribution in [3.63, 3.8) is 0 Å². The normalized spacial score (nSPS) is 18.1. The Morgan fingerprint density at radius 3 is 2.29 bits per heavy atom. The summed E-state index contributed by atoms with van der Waals surface area (Å²) < 4.78 is 32.3. The van der Waals surface area contributed by atoms with Gasteiger partial charge in [0.2, 0.25) is 15.9 Å². The summed E-state index contributed by atoms with van der Waals surface area (Å²) in [4.78, 5) is 40.8. The summed E-state index contributed by atoms with van der Waals surface area (Å²) in [7, 11) is -3.62. The lowest BCUT2D eigenvalue weighted by Gasteiger charge is -2.35. The van der Waals surface area contributed by atoms with Crippen LogP contribution in [0.25, 0.3) is 0 Å². The summed E-state index contributed by atoms with van der Waals surface area (Å²) in [5.74, 6) is -1.02. The maximum atomic E-state index is 12.8. The standard InChI is InChI=1S/C24H27N3O6S/c1-18(33-24(30)19-7-5-8-20(17-19)27-12-6-11-22(27)28)23(29)25-13-15-26(16-14-25)34(31,32)21-9-3-2-4-10-21/h2-5,7-10,17-18H,6,11-16H2,1H3. The van der Waals surface area contributed by atoms with Gasteiger partial charge in [-0.3, -0.25) is 9.59 Å². The maximum Gasteiger partial charge on any atom is 0.338 e. The molecule has 180 valence electrons. The zero-order valence-corrected chi connectivity index (χ0v) is 19.7. The van der Waals surface area contributed by atoms with Gasteiger partial charge in [-0.1, -0.05) is 24.3 Å². The van der Waals surface area contributed by atoms with Gasteiger partial charge in [-0.15, -0.1) is 0 Å². The SMILES string of the molecule is CC(OC(=O)c1cccc(N2CCCC2=O)c1)C(=O)N1CCN(S(=O)(=O)c2ccccc2)CC1. The summed E-state index contributed by atoms with van der Waals surface area (Å²) in [5.41, 5.74) is 0.891. The van der Waals surface area contributed by atoms with E-state index in [0.29, 0.717) is 18.7 Å². The molecule has 34 heavy (non-hydrogen) atoms. The zero-order chi connectivity index (χ0) is 24.3. The molecule has 2 saturated heterocycles. The van der Waals surface area contributed by atoms with E-state index in [-0.39, 0.29) is 48.5 Å². The van der Waals surface area contributed by atoms with Gasteiger partial charge in [-0.25, -0.2) is 13.2 Å². The summed E-state index contributed by atoms with van der Waals surface area (Å²) in [6.45, 7) is 2.85. The molecule has 10 heteroatoms. The first kappa shape index (κ1) is 23.9. The number of hydrogen-bond acceptors (Lipinski definition) is 6. The van der Waals surface area contributed by atoms with Crippen LogP contribution in [-0.4, -0.2) is 74.2 Å². The quantitative estimate of drug-likeness (QED) is 0.579. The Balaban J connectivity index is 1.34. The highest BCUT2D eigenvalue weighted by Gasteiger charge is 2.32. The van der Waals surface area contributed by atoms with E-state index in [2.05, 4.69) is 0 Å². The molecule has 9 nitrogen and oxygen atoms in total. The number of sulfonamides is 1. The van der Waals surface area contributed by atoms with Gasteiger partial charge in [0.25, 0.3) is 5.91 Å². The highest BCUT2D eigenvalue weighted by Crippen LogP contribution is 2.23. The van der Waals surface area contributed by atoms with E-state index in [0.717, 1.165) is 6.42 Å². The first-order valence-corrected chi connectivity index (χ1v) is 12.7.